The summed E-state index contributed by atoms with van der Waals surface area (Å²) in [5.74, 6) is -1.28. The van der Waals surface area contributed by atoms with E-state index < -0.39 is 12.1 Å². The molecule has 1 N–H and O–H groups in total. The first-order valence-corrected chi connectivity index (χ1v) is 4.25. The zero-order valence-electron chi connectivity index (χ0n) is 7.66. The van der Waals surface area contributed by atoms with Gasteiger partial charge in [-0.25, -0.2) is 4.79 Å². The Morgan fingerprint density at radius 2 is 2.23 bits per heavy atom. The van der Waals surface area contributed by atoms with Crippen LogP contribution >= 0.6 is 0 Å². The van der Waals surface area contributed by atoms with Gasteiger partial charge in [0.25, 0.3) is 0 Å². The lowest BCUT2D eigenvalue weighted by Gasteiger charge is -1.99. The van der Waals surface area contributed by atoms with E-state index in [2.05, 4.69) is 4.74 Å². The third kappa shape index (κ3) is 1.71. The van der Waals surface area contributed by atoms with E-state index >= 15 is 0 Å². The van der Waals surface area contributed by atoms with Crippen molar-refractivity contribution in [2.45, 2.75) is 32.8 Å². The number of ketones is 1. The average molecular weight is 184 g/mol. The molecule has 0 aromatic rings. The van der Waals surface area contributed by atoms with Crippen LogP contribution < -0.4 is 0 Å². The summed E-state index contributed by atoms with van der Waals surface area (Å²) in [6, 6.07) is 0. The van der Waals surface area contributed by atoms with E-state index in [0.29, 0.717) is 6.42 Å². The minimum absolute atomic E-state index is 0.172. The Kier molecular flexibility index (Phi) is 2.70. The van der Waals surface area contributed by atoms with Crippen LogP contribution in [0, 0.1) is 0 Å². The fraction of sp³-hybridized carbons (Fsp3) is 0.556. The van der Waals surface area contributed by atoms with Gasteiger partial charge in [0.2, 0.25) is 0 Å². The molecule has 0 saturated carbocycles. The van der Waals surface area contributed by atoms with E-state index in [1.165, 1.54) is 6.92 Å². The van der Waals surface area contributed by atoms with Crippen molar-refractivity contribution in [1.82, 2.24) is 0 Å². The number of cyclic esters (lactones) is 1. The molecule has 0 saturated heterocycles. The molecule has 0 spiro atoms. The van der Waals surface area contributed by atoms with Crippen LogP contribution in [0.5, 0.6) is 0 Å². The monoisotopic (exact) mass is 184 g/mol. The van der Waals surface area contributed by atoms with E-state index in [4.69, 9.17) is 0 Å². The SMILES string of the molecule is CCCC(=O)C1=C(O)[C@H](C)OC1=O. The van der Waals surface area contributed by atoms with Crippen LogP contribution in [0.2, 0.25) is 0 Å². The molecule has 0 aromatic heterocycles. The van der Waals surface area contributed by atoms with E-state index in [-0.39, 0.29) is 23.5 Å². The first-order valence-electron chi connectivity index (χ1n) is 4.25. The van der Waals surface area contributed by atoms with Gasteiger partial charge in [-0.15, -0.1) is 0 Å². The molecule has 1 aliphatic rings. The second-order valence-electron chi connectivity index (χ2n) is 2.98. The molecule has 4 heteroatoms. The largest absolute Gasteiger partial charge is 0.507 e. The van der Waals surface area contributed by atoms with Crippen LogP contribution in [0.15, 0.2) is 11.3 Å². The smallest absolute Gasteiger partial charge is 0.346 e. The normalized spacial score (nSPS) is 22.0. The summed E-state index contributed by atoms with van der Waals surface area (Å²) in [5, 5.41) is 9.34. The third-order valence-corrected chi connectivity index (χ3v) is 1.89. The Morgan fingerprint density at radius 3 is 2.62 bits per heavy atom. The summed E-state index contributed by atoms with van der Waals surface area (Å²) in [7, 11) is 0. The highest BCUT2D eigenvalue weighted by atomic mass is 16.6. The number of aliphatic hydroxyl groups is 1. The van der Waals surface area contributed by atoms with Gasteiger partial charge in [0, 0.05) is 6.42 Å². The number of ether oxygens (including phenoxy) is 1. The molecule has 0 bridgehead atoms. The zero-order chi connectivity index (χ0) is 10.0. The standard InChI is InChI=1S/C9H12O4/c1-3-4-6(10)7-8(11)5(2)13-9(7)12/h5,11H,3-4H2,1-2H3/t5-/m0/s1. The summed E-state index contributed by atoms with van der Waals surface area (Å²) in [4.78, 5) is 22.3. The highest BCUT2D eigenvalue weighted by Crippen LogP contribution is 2.21. The summed E-state index contributed by atoms with van der Waals surface area (Å²) >= 11 is 0. The van der Waals surface area contributed by atoms with Gasteiger partial charge >= 0.3 is 5.97 Å². The van der Waals surface area contributed by atoms with Gasteiger partial charge in [0.05, 0.1) is 0 Å². The first kappa shape index (κ1) is 9.77. The Morgan fingerprint density at radius 1 is 1.62 bits per heavy atom. The number of hydrogen-bond acceptors (Lipinski definition) is 4. The predicted octanol–water partition coefficient (Wildman–Crippen LogP) is 1.11. The van der Waals surface area contributed by atoms with Crippen molar-refractivity contribution in [1.29, 1.82) is 0 Å². The number of carbonyl (C=O) groups excluding carboxylic acids is 2. The molecule has 1 atom stereocenters. The molecular weight excluding hydrogens is 172 g/mol. The van der Waals surface area contributed by atoms with E-state index in [0.717, 1.165) is 0 Å². The third-order valence-electron chi connectivity index (χ3n) is 1.89. The lowest BCUT2D eigenvalue weighted by Crippen LogP contribution is -2.10. The quantitative estimate of drug-likeness (QED) is 0.527. The minimum atomic E-state index is -0.705. The number of carbonyl (C=O) groups is 2. The summed E-state index contributed by atoms with van der Waals surface area (Å²) < 4.78 is 4.67. The number of Topliss-reactive ketones (excluding diaryl/α,β-unsaturated/α-hetero) is 1. The molecule has 0 unspecified atom stereocenters. The summed E-state index contributed by atoms with van der Waals surface area (Å²) in [6.07, 6.45) is 0.238. The van der Waals surface area contributed by atoms with Crippen molar-refractivity contribution in [3.63, 3.8) is 0 Å². The Hall–Kier alpha value is -1.32. The topological polar surface area (TPSA) is 63.6 Å². The molecule has 1 heterocycles. The molecule has 0 amide bonds. The second-order valence-corrected chi connectivity index (χ2v) is 2.98. The summed E-state index contributed by atoms with van der Waals surface area (Å²) in [5.41, 5.74) is -0.172. The van der Waals surface area contributed by atoms with Crippen molar-refractivity contribution in [2.24, 2.45) is 0 Å². The van der Waals surface area contributed by atoms with Crippen molar-refractivity contribution in [2.75, 3.05) is 0 Å². The van der Waals surface area contributed by atoms with Gasteiger partial charge in [-0.1, -0.05) is 6.92 Å². The predicted molar refractivity (Wildman–Crippen MR) is 45.1 cm³/mol. The maximum atomic E-state index is 11.3. The summed E-state index contributed by atoms with van der Waals surface area (Å²) in [6.45, 7) is 3.36. The van der Waals surface area contributed by atoms with Crippen LogP contribution in [-0.4, -0.2) is 23.0 Å². The van der Waals surface area contributed by atoms with E-state index in [9.17, 15) is 14.7 Å². The van der Waals surface area contributed by atoms with Gasteiger partial charge in [0.15, 0.2) is 17.6 Å². The molecule has 0 aliphatic carbocycles. The van der Waals surface area contributed by atoms with Crippen LogP contribution in [0.25, 0.3) is 0 Å². The Bertz CT molecular complexity index is 277. The first-order chi connectivity index (χ1) is 6.07. The van der Waals surface area contributed by atoms with Crippen molar-refractivity contribution < 1.29 is 19.4 Å². The number of hydrogen-bond donors (Lipinski definition) is 1. The molecule has 0 fully saturated rings. The lowest BCUT2D eigenvalue weighted by atomic mass is 10.1. The maximum absolute atomic E-state index is 11.3. The van der Waals surface area contributed by atoms with E-state index in [1.807, 2.05) is 6.92 Å². The van der Waals surface area contributed by atoms with Gasteiger partial charge in [-0.2, -0.15) is 0 Å². The highest BCUT2D eigenvalue weighted by Gasteiger charge is 2.34. The molecule has 72 valence electrons. The van der Waals surface area contributed by atoms with Crippen molar-refractivity contribution in [3.8, 4) is 0 Å². The Balaban J connectivity index is 2.89. The number of rotatable bonds is 3. The molecule has 1 aliphatic heterocycles. The van der Waals surface area contributed by atoms with Gasteiger partial charge < -0.3 is 9.84 Å². The second kappa shape index (κ2) is 3.60. The Labute approximate surface area is 76.2 Å². The van der Waals surface area contributed by atoms with Gasteiger partial charge in [0.1, 0.15) is 5.57 Å². The van der Waals surface area contributed by atoms with Gasteiger partial charge in [-0.05, 0) is 13.3 Å². The fourth-order valence-electron chi connectivity index (χ4n) is 1.19. The zero-order valence-corrected chi connectivity index (χ0v) is 7.66. The molecule has 4 nitrogen and oxygen atoms in total. The number of aliphatic hydroxyl groups excluding tert-OH is 1. The molecule has 0 radical (unpaired) electrons. The molecule has 1 rings (SSSR count). The van der Waals surface area contributed by atoms with Gasteiger partial charge in [-0.3, -0.25) is 4.79 Å². The average Bonchev–Trinajstić information content (AvgIpc) is 2.27. The molecule has 13 heavy (non-hydrogen) atoms. The van der Waals surface area contributed by atoms with Crippen LogP contribution in [0.1, 0.15) is 26.7 Å². The minimum Gasteiger partial charge on any atom is -0.507 e. The van der Waals surface area contributed by atoms with Crippen LogP contribution in [-0.2, 0) is 14.3 Å². The van der Waals surface area contributed by atoms with Crippen LogP contribution in [0.3, 0.4) is 0 Å². The maximum Gasteiger partial charge on any atom is 0.346 e. The molecular formula is C9H12O4. The molecule has 0 aromatic carbocycles. The van der Waals surface area contributed by atoms with Crippen molar-refractivity contribution in [3.05, 3.63) is 11.3 Å². The number of esters is 1. The fourth-order valence-corrected chi connectivity index (χ4v) is 1.19. The highest BCUT2D eigenvalue weighted by molar-refractivity contribution is 6.18. The van der Waals surface area contributed by atoms with Crippen LogP contribution in [0.4, 0.5) is 0 Å². The van der Waals surface area contributed by atoms with Crippen molar-refractivity contribution >= 4 is 11.8 Å². The van der Waals surface area contributed by atoms with E-state index in [1.54, 1.807) is 0 Å². The lowest BCUT2D eigenvalue weighted by molar-refractivity contribution is -0.140.